The summed E-state index contributed by atoms with van der Waals surface area (Å²) in [7, 11) is -3.86. The summed E-state index contributed by atoms with van der Waals surface area (Å²) in [5.74, 6) is -0.352. The van der Waals surface area contributed by atoms with Gasteiger partial charge in [-0.2, -0.15) is 0 Å². The van der Waals surface area contributed by atoms with Gasteiger partial charge in [0.25, 0.3) is 10.0 Å². The molecule has 0 saturated heterocycles. The largest absolute Gasteiger partial charge is 0.462 e. The van der Waals surface area contributed by atoms with E-state index in [-0.39, 0.29) is 21.7 Å². The van der Waals surface area contributed by atoms with Crippen molar-refractivity contribution in [3.63, 3.8) is 0 Å². The van der Waals surface area contributed by atoms with Gasteiger partial charge in [0.05, 0.1) is 22.8 Å². The number of thiocarbonyl (C=S) groups is 1. The van der Waals surface area contributed by atoms with Crippen LogP contribution in [0.15, 0.2) is 47.4 Å². The van der Waals surface area contributed by atoms with Crippen LogP contribution in [0.3, 0.4) is 0 Å². The Labute approximate surface area is 235 Å². The Balaban J connectivity index is 1.47. The van der Waals surface area contributed by atoms with Crippen molar-refractivity contribution in [2.24, 2.45) is 0 Å². The highest BCUT2D eigenvalue weighted by Crippen LogP contribution is 2.38. The molecule has 12 heteroatoms. The molecule has 0 unspecified atom stereocenters. The van der Waals surface area contributed by atoms with E-state index < -0.39 is 10.0 Å². The molecule has 0 bridgehead atoms. The zero-order valence-corrected chi connectivity index (χ0v) is 23.9. The molecular formula is C25H25Cl2N3O4S3. The predicted octanol–water partition coefficient (Wildman–Crippen LogP) is 7.11. The minimum Gasteiger partial charge on any atom is -0.462 e. The molecule has 2 aromatic carbocycles. The van der Waals surface area contributed by atoms with Crippen molar-refractivity contribution >= 4 is 84.2 Å². The normalized spacial score (nSPS) is 13.3. The lowest BCUT2D eigenvalue weighted by molar-refractivity contribution is 0.0527. The fraction of sp³-hybridized carbons (Fsp3) is 0.280. The van der Waals surface area contributed by atoms with Gasteiger partial charge >= 0.3 is 5.97 Å². The SMILES string of the molecule is CCOC(=O)c1c(NC(=S)Nc2ccc(S(=O)(=O)Nc3cc(Cl)cc(Cl)c3)cc2)sc2c1CCCCC2. The van der Waals surface area contributed by atoms with Crippen LogP contribution in [0.25, 0.3) is 0 Å². The average molecular weight is 599 g/mol. The van der Waals surface area contributed by atoms with Crippen LogP contribution in [-0.4, -0.2) is 26.1 Å². The van der Waals surface area contributed by atoms with E-state index in [1.807, 2.05) is 0 Å². The number of thiophene rings is 1. The van der Waals surface area contributed by atoms with Gasteiger partial charge in [-0.1, -0.05) is 29.6 Å². The van der Waals surface area contributed by atoms with Gasteiger partial charge in [0, 0.05) is 20.6 Å². The molecule has 0 amide bonds. The molecule has 1 aliphatic carbocycles. The second-order valence-corrected chi connectivity index (χ2v) is 12.4. The molecular weight excluding hydrogens is 573 g/mol. The molecule has 0 spiro atoms. The van der Waals surface area contributed by atoms with Crippen molar-refractivity contribution in [3.8, 4) is 0 Å². The van der Waals surface area contributed by atoms with E-state index in [4.69, 9.17) is 40.2 Å². The highest BCUT2D eigenvalue weighted by molar-refractivity contribution is 7.92. The molecule has 0 saturated carbocycles. The smallest absolute Gasteiger partial charge is 0.341 e. The molecule has 0 atom stereocenters. The first-order valence-corrected chi connectivity index (χ1v) is 15.1. The Hall–Kier alpha value is -2.37. The number of carbonyl (C=O) groups excluding carboxylic acids is 1. The second kappa shape index (κ2) is 12.0. The fourth-order valence-electron chi connectivity index (χ4n) is 4.06. The summed E-state index contributed by atoms with van der Waals surface area (Å²) < 4.78 is 33.3. The number of fused-ring (bicyclic) bond motifs is 1. The summed E-state index contributed by atoms with van der Waals surface area (Å²) in [4.78, 5) is 14.0. The number of aryl methyl sites for hydroxylation is 1. The van der Waals surface area contributed by atoms with Crippen molar-refractivity contribution in [1.82, 2.24) is 0 Å². The van der Waals surface area contributed by atoms with E-state index in [0.717, 1.165) is 37.7 Å². The van der Waals surface area contributed by atoms with Crippen LogP contribution in [0.5, 0.6) is 0 Å². The summed E-state index contributed by atoms with van der Waals surface area (Å²) >= 11 is 18.9. The van der Waals surface area contributed by atoms with Crippen LogP contribution in [0, 0.1) is 0 Å². The number of nitrogens with one attached hydrogen (secondary N) is 3. The van der Waals surface area contributed by atoms with E-state index in [1.54, 1.807) is 19.1 Å². The van der Waals surface area contributed by atoms with Gasteiger partial charge in [-0.25, -0.2) is 13.2 Å². The van der Waals surface area contributed by atoms with Crippen molar-refractivity contribution in [3.05, 3.63) is 68.5 Å². The number of rotatable bonds is 7. The lowest BCUT2D eigenvalue weighted by Gasteiger charge is -2.13. The maximum Gasteiger partial charge on any atom is 0.341 e. The number of carbonyl (C=O) groups is 1. The Bertz CT molecular complexity index is 1400. The Morgan fingerprint density at radius 1 is 1.00 bits per heavy atom. The minimum absolute atomic E-state index is 0.0552. The molecule has 37 heavy (non-hydrogen) atoms. The standard InChI is InChI=1S/C25H25Cl2N3O4S3/c1-2-34-24(31)22-20-6-4-3-5-7-21(20)36-23(22)29-25(35)28-17-8-10-19(11-9-17)37(32,33)30-18-13-15(26)12-16(27)14-18/h8-14,30H,2-7H2,1H3,(H2,28,29,35). The molecule has 0 fully saturated rings. The van der Waals surface area contributed by atoms with Crippen molar-refractivity contribution in [2.45, 2.75) is 43.9 Å². The molecule has 0 radical (unpaired) electrons. The second-order valence-electron chi connectivity index (χ2n) is 8.36. The van der Waals surface area contributed by atoms with Crippen LogP contribution < -0.4 is 15.4 Å². The van der Waals surface area contributed by atoms with Crippen LogP contribution in [0.1, 0.15) is 47.0 Å². The number of anilines is 3. The van der Waals surface area contributed by atoms with E-state index in [0.29, 0.717) is 32.9 Å². The summed E-state index contributed by atoms with van der Waals surface area (Å²) in [5.41, 5.74) is 2.45. The van der Waals surface area contributed by atoms with Gasteiger partial charge in [0.2, 0.25) is 0 Å². The molecule has 196 valence electrons. The first kappa shape index (κ1) is 27.7. The monoisotopic (exact) mass is 597 g/mol. The topological polar surface area (TPSA) is 96.5 Å². The molecule has 1 heterocycles. The molecule has 4 rings (SSSR count). The fourth-order valence-corrected chi connectivity index (χ4v) is 7.19. The van der Waals surface area contributed by atoms with Crippen LogP contribution in [0.2, 0.25) is 10.0 Å². The number of halogens is 2. The highest BCUT2D eigenvalue weighted by atomic mass is 35.5. The van der Waals surface area contributed by atoms with E-state index in [9.17, 15) is 13.2 Å². The number of esters is 1. The summed E-state index contributed by atoms with van der Waals surface area (Å²) in [6, 6.07) is 10.6. The van der Waals surface area contributed by atoms with Crippen LogP contribution in [-0.2, 0) is 27.6 Å². The van der Waals surface area contributed by atoms with Gasteiger partial charge in [0.1, 0.15) is 5.00 Å². The molecule has 1 aromatic heterocycles. The first-order chi connectivity index (χ1) is 17.7. The zero-order chi connectivity index (χ0) is 26.6. The Morgan fingerprint density at radius 3 is 2.35 bits per heavy atom. The number of hydrogen-bond acceptors (Lipinski definition) is 6. The molecule has 7 nitrogen and oxygen atoms in total. The minimum atomic E-state index is -3.86. The van der Waals surface area contributed by atoms with E-state index >= 15 is 0 Å². The van der Waals surface area contributed by atoms with Gasteiger partial charge < -0.3 is 15.4 Å². The van der Waals surface area contributed by atoms with Crippen molar-refractivity contribution < 1.29 is 17.9 Å². The lowest BCUT2D eigenvalue weighted by atomic mass is 10.1. The maximum atomic E-state index is 12.8. The maximum absolute atomic E-state index is 12.8. The summed E-state index contributed by atoms with van der Waals surface area (Å²) in [6.45, 7) is 2.08. The molecule has 0 aliphatic heterocycles. The number of benzene rings is 2. The highest BCUT2D eigenvalue weighted by Gasteiger charge is 2.26. The average Bonchev–Trinajstić information content (AvgIpc) is 2.98. The first-order valence-electron chi connectivity index (χ1n) is 11.6. The molecule has 1 aliphatic rings. The van der Waals surface area contributed by atoms with Gasteiger partial charge in [-0.05, 0) is 92.9 Å². The third-order valence-electron chi connectivity index (χ3n) is 5.67. The van der Waals surface area contributed by atoms with E-state index in [2.05, 4.69) is 15.4 Å². The van der Waals surface area contributed by atoms with Crippen LogP contribution >= 0.6 is 46.8 Å². The summed E-state index contributed by atoms with van der Waals surface area (Å²) in [5, 5.41) is 7.77. The number of ether oxygens (including phenoxy) is 1. The molecule has 3 aromatic rings. The van der Waals surface area contributed by atoms with Crippen molar-refractivity contribution in [1.29, 1.82) is 0 Å². The lowest BCUT2D eigenvalue weighted by Crippen LogP contribution is -2.20. The van der Waals surface area contributed by atoms with Gasteiger partial charge in [0.15, 0.2) is 5.11 Å². The number of sulfonamides is 1. The third kappa shape index (κ3) is 6.94. The number of hydrogen-bond donors (Lipinski definition) is 3. The van der Waals surface area contributed by atoms with Crippen molar-refractivity contribution in [2.75, 3.05) is 22.0 Å². The Morgan fingerprint density at radius 2 is 1.68 bits per heavy atom. The summed E-state index contributed by atoms with van der Waals surface area (Å²) in [6.07, 6.45) is 5.03. The van der Waals surface area contributed by atoms with Gasteiger partial charge in [-0.3, -0.25) is 4.72 Å². The van der Waals surface area contributed by atoms with Crippen LogP contribution in [0.4, 0.5) is 16.4 Å². The molecule has 3 N–H and O–H groups in total. The predicted molar refractivity (Wildman–Crippen MR) is 155 cm³/mol. The zero-order valence-electron chi connectivity index (χ0n) is 19.9. The van der Waals surface area contributed by atoms with E-state index in [1.165, 1.54) is 46.5 Å². The van der Waals surface area contributed by atoms with Gasteiger partial charge in [-0.15, -0.1) is 11.3 Å². The Kier molecular flexibility index (Phi) is 8.97. The quantitative estimate of drug-likeness (QED) is 0.152. The third-order valence-corrected chi connectivity index (χ3v) is 8.91.